The standard InChI is InChI=1S/C12H21N5O/c13-9-4-6-17(7-5-9)12-14-11(15-16-12)10-3-1-2-8-18-10/h9-10H,1-8,13H2,(H,14,15,16). The Morgan fingerprint density at radius 1 is 1.22 bits per heavy atom. The van der Waals surface area contributed by atoms with Crippen molar-refractivity contribution < 1.29 is 4.74 Å². The first-order valence-electron chi connectivity index (χ1n) is 6.87. The lowest BCUT2D eigenvalue weighted by molar-refractivity contribution is 0.00969. The molecule has 2 fully saturated rings. The van der Waals surface area contributed by atoms with Gasteiger partial charge < -0.3 is 15.4 Å². The van der Waals surface area contributed by atoms with E-state index in [9.17, 15) is 0 Å². The van der Waals surface area contributed by atoms with Crippen LogP contribution in [0.5, 0.6) is 0 Å². The zero-order valence-electron chi connectivity index (χ0n) is 10.6. The molecule has 100 valence electrons. The van der Waals surface area contributed by atoms with Gasteiger partial charge in [0.05, 0.1) is 0 Å². The van der Waals surface area contributed by atoms with Gasteiger partial charge in [-0.25, -0.2) is 0 Å². The van der Waals surface area contributed by atoms with E-state index in [-0.39, 0.29) is 6.10 Å². The number of nitrogens with one attached hydrogen (secondary N) is 1. The number of rotatable bonds is 2. The normalized spacial score (nSPS) is 26.5. The lowest BCUT2D eigenvalue weighted by Gasteiger charge is -2.29. The zero-order chi connectivity index (χ0) is 12.4. The van der Waals surface area contributed by atoms with Gasteiger partial charge in [-0.3, -0.25) is 5.10 Å². The molecule has 2 aliphatic heterocycles. The van der Waals surface area contributed by atoms with Crippen molar-refractivity contribution in [2.75, 3.05) is 24.6 Å². The molecule has 2 aliphatic rings. The van der Waals surface area contributed by atoms with Crippen molar-refractivity contribution in [3.63, 3.8) is 0 Å². The van der Waals surface area contributed by atoms with E-state index in [2.05, 4.69) is 20.1 Å². The summed E-state index contributed by atoms with van der Waals surface area (Å²) in [6, 6.07) is 0.335. The molecule has 1 atom stereocenters. The molecule has 0 spiro atoms. The van der Waals surface area contributed by atoms with E-state index in [1.807, 2.05) is 0 Å². The Morgan fingerprint density at radius 3 is 2.78 bits per heavy atom. The number of hydrogen-bond acceptors (Lipinski definition) is 5. The molecule has 0 aromatic carbocycles. The van der Waals surface area contributed by atoms with Crippen LogP contribution < -0.4 is 10.6 Å². The minimum absolute atomic E-state index is 0.104. The lowest BCUT2D eigenvalue weighted by atomic mass is 10.1. The predicted octanol–water partition coefficient (Wildman–Crippen LogP) is 0.974. The molecular formula is C12H21N5O. The number of ether oxygens (including phenoxy) is 1. The highest BCUT2D eigenvalue weighted by atomic mass is 16.5. The fourth-order valence-corrected chi connectivity index (χ4v) is 2.61. The Hall–Kier alpha value is -1.14. The van der Waals surface area contributed by atoms with Crippen molar-refractivity contribution in [2.45, 2.75) is 44.2 Å². The van der Waals surface area contributed by atoms with Crippen LogP contribution in [-0.2, 0) is 4.74 Å². The summed E-state index contributed by atoms with van der Waals surface area (Å²) in [6.45, 7) is 2.73. The van der Waals surface area contributed by atoms with Gasteiger partial charge in [0.1, 0.15) is 6.10 Å². The first-order valence-corrected chi connectivity index (χ1v) is 6.87. The average Bonchev–Trinajstić information content (AvgIpc) is 2.90. The van der Waals surface area contributed by atoms with Gasteiger partial charge >= 0.3 is 0 Å². The number of nitrogens with zero attached hydrogens (tertiary/aromatic N) is 3. The molecule has 2 saturated heterocycles. The number of anilines is 1. The third kappa shape index (κ3) is 2.49. The minimum Gasteiger partial charge on any atom is -0.370 e. The number of hydrogen-bond donors (Lipinski definition) is 2. The quantitative estimate of drug-likeness (QED) is 0.819. The monoisotopic (exact) mass is 251 g/mol. The van der Waals surface area contributed by atoms with Crippen LogP contribution in [-0.4, -0.2) is 40.9 Å². The summed E-state index contributed by atoms with van der Waals surface area (Å²) in [7, 11) is 0. The minimum atomic E-state index is 0.104. The molecule has 3 heterocycles. The average molecular weight is 251 g/mol. The van der Waals surface area contributed by atoms with E-state index < -0.39 is 0 Å². The molecule has 1 unspecified atom stereocenters. The van der Waals surface area contributed by atoms with E-state index in [4.69, 9.17) is 10.5 Å². The maximum Gasteiger partial charge on any atom is 0.244 e. The smallest absolute Gasteiger partial charge is 0.244 e. The highest BCUT2D eigenvalue weighted by Crippen LogP contribution is 2.26. The molecular weight excluding hydrogens is 230 g/mol. The van der Waals surface area contributed by atoms with Crippen LogP contribution in [0.15, 0.2) is 0 Å². The van der Waals surface area contributed by atoms with Crippen molar-refractivity contribution >= 4 is 5.95 Å². The van der Waals surface area contributed by atoms with Gasteiger partial charge in [-0.15, -0.1) is 5.10 Å². The molecule has 18 heavy (non-hydrogen) atoms. The van der Waals surface area contributed by atoms with E-state index in [1.165, 1.54) is 6.42 Å². The number of piperidine rings is 1. The van der Waals surface area contributed by atoms with Crippen molar-refractivity contribution in [3.05, 3.63) is 5.82 Å². The highest BCUT2D eigenvalue weighted by molar-refractivity contribution is 5.29. The molecule has 0 saturated carbocycles. The number of aromatic nitrogens is 3. The number of H-pyrrole nitrogens is 1. The summed E-state index contributed by atoms with van der Waals surface area (Å²) in [5, 5.41) is 7.33. The zero-order valence-corrected chi connectivity index (χ0v) is 10.6. The largest absolute Gasteiger partial charge is 0.370 e. The summed E-state index contributed by atoms with van der Waals surface area (Å²) in [4.78, 5) is 6.78. The van der Waals surface area contributed by atoms with Crippen LogP contribution >= 0.6 is 0 Å². The van der Waals surface area contributed by atoms with E-state index in [0.717, 1.165) is 57.2 Å². The van der Waals surface area contributed by atoms with Crippen molar-refractivity contribution in [3.8, 4) is 0 Å². The first-order chi connectivity index (χ1) is 8.83. The summed E-state index contributed by atoms with van der Waals surface area (Å²) < 4.78 is 5.71. The van der Waals surface area contributed by atoms with Crippen LogP contribution in [0.25, 0.3) is 0 Å². The van der Waals surface area contributed by atoms with Gasteiger partial charge in [0.2, 0.25) is 5.95 Å². The molecule has 0 amide bonds. The van der Waals surface area contributed by atoms with Crippen LogP contribution in [0.2, 0.25) is 0 Å². The molecule has 3 N–H and O–H groups in total. The van der Waals surface area contributed by atoms with Gasteiger partial charge in [0.15, 0.2) is 5.82 Å². The molecule has 0 aliphatic carbocycles. The fraction of sp³-hybridized carbons (Fsp3) is 0.833. The van der Waals surface area contributed by atoms with Gasteiger partial charge in [0, 0.05) is 25.7 Å². The molecule has 1 aromatic heterocycles. The van der Waals surface area contributed by atoms with E-state index in [0.29, 0.717) is 6.04 Å². The molecule has 1 aromatic rings. The second-order valence-corrected chi connectivity index (χ2v) is 5.20. The number of nitrogens with two attached hydrogens (primary N) is 1. The Balaban J connectivity index is 1.65. The number of aromatic amines is 1. The predicted molar refractivity (Wildman–Crippen MR) is 68.3 cm³/mol. The molecule has 0 bridgehead atoms. The first kappa shape index (κ1) is 11.9. The van der Waals surface area contributed by atoms with Crippen LogP contribution in [0.3, 0.4) is 0 Å². The van der Waals surface area contributed by atoms with Crippen molar-refractivity contribution in [2.24, 2.45) is 5.73 Å². The highest BCUT2D eigenvalue weighted by Gasteiger charge is 2.23. The second kappa shape index (κ2) is 5.24. The molecule has 0 radical (unpaired) electrons. The Labute approximate surface area is 107 Å². The Morgan fingerprint density at radius 2 is 2.06 bits per heavy atom. The summed E-state index contributed by atoms with van der Waals surface area (Å²) in [5.41, 5.74) is 5.90. The van der Waals surface area contributed by atoms with Crippen LogP contribution in [0.4, 0.5) is 5.95 Å². The Kier molecular flexibility index (Phi) is 3.47. The second-order valence-electron chi connectivity index (χ2n) is 5.20. The molecule has 6 heteroatoms. The van der Waals surface area contributed by atoms with E-state index >= 15 is 0 Å². The summed E-state index contributed by atoms with van der Waals surface area (Å²) in [5.74, 6) is 1.67. The Bertz CT molecular complexity index is 380. The topological polar surface area (TPSA) is 80.1 Å². The molecule has 3 rings (SSSR count). The van der Waals surface area contributed by atoms with Gasteiger partial charge in [-0.05, 0) is 32.1 Å². The van der Waals surface area contributed by atoms with Crippen LogP contribution in [0, 0.1) is 0 Å². The molecule has 6 nitrogen and oxygen atoms in total. The third-order valence-electron chi connectivity index (χ3n) is 3.80. The van der Waals surface area contributed by atoms with Gasteiger partial charge in [-0.1, -0.05) is 0 Å². The third-order valence-corrected chi connectivity index (χ3v) is 3.80. The SMILES string of the molecule is NC1CCN(c2n[nH]c(C3CCCCO3)n2)CC1. The maximum atomic E-state index is 5.90. The fourth-order valence-electron chi connectivity index (χ4n) is 2.61. The van der Waals surface area contributed by atoms with Gasteiger partial charge in [0.25, 0.3) is 0 Å². The van der Waals surface area contributed by atoms with Crippen molar-refractivity contribution in [1.82, 2.24) is 15.2 Å². The maximum absolute atomic E-state index is 5.90. The summed E-state index contributed by atoms with van der Waals surface area (Å²) in [6.07, 6.45) is 5.54. The lowest BCUT2D eigenvalue weighted by Crippen LogP contribution is -2.40. The van der Waals surface area contributed by atoms with Gasteiger partial charge in [-0.2, -0.15) is 4.98 Å². The van der Waals surface area contributed by atoms with E-state index in [1.54, 1.807) is 0 Å². The van der Waals surface area contributed by atoms with Crippen molar-refractivity contribution in [1.29, 1.82) is 0 Å². The summed E-state index contributed by atoms with van der Waals surface area (Å²) >= 11 is 0. The van der Waals surface area contributed by atoms with Crippen LogP contribution in [0.1, 0.15) is 44.0 Å².